The molecule has 0 aromatic carbocycles. The molecule has 2 saturated heterocycles. The Morgan fingerprint density at radius 3 is 2.84 bits per heavy atom. The summed E-state index contributed by atoms with van der Waals surface area (Å²) in [4.78, 5) is 5.26. The second-order valence-electron chi connectivity index (χ2n) is 5.26. The maximum atomic E-state index is 5.77. The highest BCUT2D eigenvalue weighted by molar-refractivity contribution is 7.80. The van der Waals surface area contributed by atoms with E-state index in [4.69, 9.17) is 18.0 Å². The minimum absolute atomic E-state index is 0.398. The van der Waals surface area contributed by atoms with Gasteiger partial charge in [-0.2, -0.15) is 5.10 Å². The average molecular weight is 277 g/mol. The van der Waals surface area contributed by atoms with Gasteiger partial charge in [0.25, 0.3) is 0 Å². The third kappa shape index (κ3) is 2.55. The molecule has 2 aliphatic rings. The van der Waals surface area contributed by atoms with Crippen LogP contribution in [0.25, 0.3) is 0 Å². The number of rotatable bonds is 3. The predicted octanol–water partition coefficient (Wildman–Crippen LogP) is 0.785. The maximum absolute atomic E-state index is 5.77. The number of anilines is 1. The van der Waals surface area contributed by atoms with Crippen molar-refractivity contribution in [1.82, 2.24) is 15.1 Å². The van der Waals surface area contributed by atoms with Crippen LogP contribution in [-0.4, -0.2) is 52.3 Å². The molecule has 2 N–H and O–H groups in total. The minimum atomic E-state index is 0.398. The molecule has 19 heavy (non-hydrogen) atoms. The van der Waals surface area contributed by atoms with Gasteiger partial charge in [0.05, 0.1) is 11.8 Å². The topological polar surface area (TPSA) is 58.3 Å². The van der Waals surface area contributed by atoms with E-state index in [0.29, 0.717) is 11.0 Å². The zero-order chi connectivity index (χ0) is 13.2. The Morgan fingerprint density at radius 1 is 1.32 bits per heavy atom. The number of nitrogens with zero attached hydrogens (tertiary/aromatic N) is 4. The molecule has 0 amide bonds. The first kappa shape index (κ1) is 12.7. The molecule has 1 unspecified atom stereocenters. The van der Waals surface area contributed by atoms with Crippen molar-refractivity contribution in [3.8, 4) is 0 Å². The molecule has 102 valence electrons. The van der Waals surface area contributed by atoms with Gasteiger partial charge in [-0.05, 0) is 38.4 Å². The Balaban J connectivity index is 1.75. The fourth-order valence-electron chi connectivity index (χ4n) is 3.09. The molecule has 0 bridgehead atoms. The molecule has 5 nitrogen and oxygen atoms in total. The van der Waals surface area contributed by atoms with Gasteiger partial charge in [-0.1, -0.05) is 12.2 Å². The number of likely N-dealkylation sites (tertiary alicyclic amines) is 1. The summed E-state index contributed by atoms with van der Waals surface area (Å²) in [6.45, 7) is 4.49. The highest BCUT2D eigenvalue weighted by atomic mass is 32.1. The van der Waals surface area contributed by atoms with E-state index in [9.17, 15) is 0 Å². The predicted molar refractivity (Wildman–Crippen MR) is 79.3 cm³/mol. The summed E-state index contributed by atoms with van der Waals surface area (Å²) in [6.07, 6.45) is 5.50. The van der Waals surface area contributed by atoms with Gasteiger partial charge in [0.15, 0.2) is 5.82 Å². The van der Waals surface area contributed by atoms with Gasteiger partial charge in [-0.3, -0.25) is 4.90 Å². The molecule has 3 heterocycles. The van der Waals surface area contributed by atoms with Crippen molar-refractivity contribution in [3.05, 3.63) is 17.8 Å². The lowest BCUT2D eigenvalue weighted by Crippen LogP contribution is -2.36. The van der Waals surface area contributed by atoms with Crippen LogP contribution in [0.5, 0.6) is 0 Å². The molecule has 1 atom stereocenters. The van der Waals surface area contributed by atoms with Crippen LogP contribution in [0.4, 0.5) is 5.82 Å². The second kappa shape index (κ2) is 5.38. The van der Waals surface area contributed by atoms with Gasteiger partial charge in [-0.15, -0.1) is 5.10 Å². The van der Waals surface area contributed by atoms with Crippen molar-refractivity contribution < 1.29 is 0 Å². The molecule has 2 fully saturated rings. The zero-order valence-electron chi connectivity index (χ0n) is 11.0. The highest BCUT2D eigenvalue weighted by Gasteiger charge is 2.31. The van der Waals surface area contributed by atoms with E-state index >= 15 is 0 Å². The Morgan fingerprint density at radius 2 is 2.11 bits per heavy atom. The van der Waals surface area contributed by atoms with Gasteiger partial charge in [0.2, 0.25) is 0 Å². The van der Waals surface area contributed by atoms with Crippen LogP contribution in [0.2, 0.25) is 0 Å². The second-order valence-corrected chi connectivity index (χ2v) is 5.70. The van der Waals surface area contributed by atoms with E-state index in [2.05, 4.69) is 20.0 Å². The summed E-state index contributed by atoms with van der Waals surface area (Å²) < 4.78 is 0. The fraction of sp³-hybridized carbons (Fsp3) is 0.615. The van der Waals surface area contributed by atoms with Crippen molar-refractivity contribution in [2.24, 2.45) is 5.73 Å². The summed E-state index contributed by atoms with van der Waals surface area (Å²) in [6, 6.07) is 2.50. The monoisotopic (exact) mass is 277 g/mol. The summed E-state index contributed by atoms with van der Waals surface area (Å²) in [5, 5.41) is 8.21. The number of aromatic nitrogens is 2. The maximum Gasteiger partial charge on any atom is 0.161 e. The summed E-state index contributed by atoms with van der Waals surface area (Å²) >= 11 is 5.09. The number of hydrogen-bond donors (Lipinski definition) is 1. The van der Waals surface area contributed by atoms with Crippen molar-refractivity contribution in [1.29, 1.82) is 0 Å². The van der Waals surface area contributed by atoms with Gasteiger partial charge < -0.3 is 10.6 Å². The van der Waals surface area contributed by atoms with Crippen molar-refractivity contribution in [3.63, 3.8) is 0 Å². The SMILES string of the molecule is NC(=S)c1ccnnc1N1CCC(N2CCCC2)C1. The molecule has 1 aromatic rings. The first-order chi connectivity index (χ1) is 9.25. The standard InChI is InChI=1S/C13H19N5S/c14-12(19)11-3-5-15-16-13(11)18-8-4-10(9-18)17-6-1-2-7-17/h3,5,10H,1-2,4,6-9H2,(H2,14,19). The summed E-state index contributed by atoms with van der Waals surface area (Å²) in [7, 11) is 0. The number of thiocarbonyl (C=S) groups is 1. The first-order valence-electron chi connectivity index (χ1n) is 6.86. The lowest BCUT2D eigenvalue weighted by Gasteiger charge is -2.24. The Bertz CT molecular complexity index is 472. The average Bonchev–Trinajstić information content (AvgIpc) is 3.09. The summed E-state index contributed by atoms with van der Waals surface area (Å²) in [5.74, 6) is 0.844. The van der Waals surface area contributed by atoms with E-state index in [1.54, 1.807) is 6.20 Å². The normalized spacial score (nSPS) is 24.0. The van der Waals surface area contributed by atoms with E-state index < -0.39 is 0 Å². The quantitative estimate of drug-likeness (QED) is 0.824. The van der Waals surface area contributed by atoms with Gasteiger partial charge >= 0.3 is 0 Å². The summed E-state index contributed by atoms with van der Waals surface area (Å²) in [5.41, 5.74) is 6.61. The van der Waals surface area contributed by atoms with E-state index in [-0.39, 0.29) is 0 Å². The third-order valence-corrected chi connectivity index (χ3v) is 4.31. The Labute approximate surface area is 118 Å². The smallest absolute Gasteiger partial charge is 0.161 e. The molecule has 3 rings (SSSR count). The molecule has 0 radical (unpaired) electrons. The van der Waals surface area contributed by atoms with Crippen LogP contribution in [-0.2, 0) is 0 Å². The zero-order valence-corrected chi connectivity index (χ0v) is 11.8. The van der Waals surface area contributed by atoms with Crippen molar-refractivity contribution in [2.45, 2.75) is 25.3 Å². The number of hydrogen-bond acceptors (Lipinski definition) is 5. The Hall–Kier alpha value is -1.27. The lowest BCUT2D eigenvalue weighted by molar-refractivity contribution is 0.260. The Kier molecular flexibility index (Phi) is 3.61. The molecule has 0 spiro atoms. The molecule has 6 heteroatoms. The molecule has 2 aliphatic heterocycles. The van der Waals surface area contributed by atoms with Gasteiger partial charge in [0, 0.05) is 19.1 Å². The molecule has 1 aromatic heterocycles. The van der Waals surface area contributed by atoms with Crippen LogP contribution in [0.1, 0.15) is 24.8 Å². The molecular formula is C13H19N5S. The van der Waals surface area contributed by atoms with E-state index in [1.165, 1.54) is 32.4 Å². The van der Waals surface area contributed by atoms with Gasteiger partial charge in [-0.25, -0.2) is 0 Å². The molecule has 0 aliphatic carbocycles. The third-order valence-electron chi connectivity index (χ3n) is 4.09. The first-order valence-corrected chi connectivity index (χ1v) is 7.27. The fourth-order valence-corrected chi connectivity index (χ4v) is 3.25. The molecule has 0 saturated carbocycles. The van der Waals surface area contributed by atoms with Crippen molar-refractivity contribution >= 4 is 23.0 Å². The van der Waals surface area contributed by atoms with Crippen molar-refractivity contribution in [2.75, 3.05) is 31.1 Å². The molecular weight excluding hydrogens is 258 g/mol. The van der Waals surface area contributed by atoms with Crippen LogP contribution in [0, 0.1) is 0 Å². The van der Waals surface area contributed by atoms with Crippen LogP contribution < -0.4 is 10.6 Å². The van der Waals surface area contributed by atoms with E-state index in [0.717, 1.165) is 24.5 Å². The van der Waals surface area contributed by atoms with Gasteiger partial charge in [0.1, 0.15) is 4.99 Å². The van der Waals surface area contributed by atoms with E-state index in [1.807, 2.05) is 6.07 Å². The number of nitrogens with two attached hydrogens (primary N) is 1. The van der Waals surface area contributed by atoms with Crippen LogP contribution in [0.15, 0.2) is 12.3 Å². The van der Waals surface area contributed by atoms with Crippen LogP contribution in [0.3, 0.4) is 0 Å². The minimum Gasteiger partial charge on any atom is -0.389 e. The largest absolute Gasteiger partial charge is 0.389 e. The van der Waals surface area contributed by atoms with Crippen LogP contribution >= 0.6 is 12.2 Å². The highest BCUT2D eigenvalue weighted by Crippen LogP contribution is 2.25. The lowest BCUT2D eigenvalue weighted by atomic mass is 10.2.